The first-order valence-corrected chi connectivity index (χ1v) is 7.17. The second-order valence-electron chi connectivity index (χ2n) is 5.39. The monoisotopic (exact) mass is 306 g/mol. The van der Waals surface area contributed by atoms with E-state index in [1.165, 1.54) is 0 Å². The number of aromatic nitrogens is 1. The van der Waals surface area contributed by atoms with E-state index in [-0.39, 0.29) is 11.9 Å². The number of carboxylic acid groups (broad SMARTS) is 1. The summed E-state index contributed by atoms with van der Waals surface area (Å²) in [5, 5.41) is 10.6. The fourth-order valence-corrected chi connectivity index (χ4v) is 3.10. The maximum absolute atomic E-state index is 12.5. The van der Waals surface area contributed by atoms with E-state index in [9.17, 15) is 9.59 Å². The molecule has 1 aliphatic heterocycles. The summed E-state index contributed by atoms with van der Waals surface area (Å²) in [7, 11) is 0. The van der Waals surface area contributed by atoms with Crippen LogP contribution < -0.4 is 0 Å². The quantitative estimate of drug-likeness (QED) is 0.896. The van der Waals surface area contributed by atoms with Crippen molar-refractivity contribution in [3.05, 3.63) is 35.0 Å². The molecule has 1 fully saturated rings. The second-order valence-corrected chi connectivity index (χ2v) is 5.82. The third-order valence-electron chi connectivity index (χ3n) is 4.15. The number of rotatable bonds is 2. The van der Waals surface area contributed by atoms with Gasteiger partial charge < -0.3 is 15.0 Å². The van der Waals surface area contributed by atoms with Gasteiger partial charge in [0.1, 0.15) is 5.69 Å². The predicted molar refractivity (Wildman–Crippen MR) is 79.6 cm³/mol. The van der Waals surface area contributed by atoms with E-state index >= 15 is 0 Å². The fraction of sp³-hybridized carbons (Fsp3) is 0.333. The van der Waals surface area contributed by atoms with Gasteiger partial charge in [-0.05, 0) is 31.5 Å². The standard InChI is InChI=1S/C15H15ClN2O3/c1-8-11(15(20)21)4-5-18(8)14(19)13-6-9-2-3-10(16)7-12(9)17-13/h2-3,6-8,11,17H,4-5H2,1H3,(H,20,21). The molecule has 2 N–H and O–H groups in total. The Kier molecular flexibility index (Phi) is 3.37. The zero-order valence-electron chi connectivity index (χ0n) is 11.5. The summed E-state index contributed by atoms with van der Waals surface area (Å²) in [4.78, 5) is 28.4. The average Bonchev–Trinajstić information content (AvgIpc) is 3.00. The van der Waals surface area contributed by atoms with Crippen LogP contribution in [-0.2, 0) is 4.79 Å². The molecule has 1 amide bonds. The first-order chi connectivity index (χ1) is 9.97. The summed E-state index contributed by atoms with van der Waals surface area (Å²) < 4.78 is 0. The lowest BCUT2D eigenvalue weighted by Gasteiger charge is -2.22. The van der Waals surface area contributed by atoms with Crippen molar-refractivity contribution in [1.82, 2.24) is 9.88 Å². The van der Waals surface area contributed by atoms with E-state index in [0.29, 0.717) is 23.7 Å². The molecule has 0 aliphatic carbocycles. The third-order valence-corrected chi connectivity index (χ3v) is 4.38. The van der Waals surface area contributed by atoms with Gasteiger partial charge in [0, 0.05) is 28.5 Å². The van der Waals surface area contributed by atoms with E-state index in [0.717, 1.165) is 10.9 Å². The van der Waals surface area contributed by atoms with E-state index in [1.807, 2.05) is 6.07 Å². The molecule has 1 aliphatic rings. The van der Waals surface area contributed by atoms with Crippen molar-refractivity contribution in [3.8, 4) is 0 Å². The molecule has 1 saturated heterocycles. The van der Waals surface area contributed by atoms with Crippen LogP contribution in [0.3, 0.4) is 0 Å². The number of amides is 1. The molecular weight excluding hydrogens is 292 g/mol. The number of fused-ring (bicyclic) bond motifs is 1. The predicted octanol–water partition coefficient (Wildman–Crippen LogP) is 2.76. The molecule has 2 atom stereocenters. The SMILES string of the molecule is CC1C(C(=O)O)CCN1C(=O)c1cc2ccc(Cl)cc2[nH]1. The van der Waals surface area contributed by atoms with E-state index in [2.05, 4.69) is 4.98 Å². The van der Waals surface area contributed by atoms with Crippen molar-refractivity contribution in [3.63, 3.8) is 0 Å². The molecule has 2 heterocycles. The first kappa shape index (κ1) is 13.9. The number of halogens is 1. The summed E-state index contributed by atoms with van der Waals surface area (Å²) in [6.45, 7) is 2.25. The zero-order chi connectivity index (χ0) is 15.1. The summed E-state index contributed by atoms with van der Waals surface area (Å²) in [5.74, 6) is -1.51. The van der Waals surface area contributed by atoms with Gasteiger partial charge in [-0.3, -0.25) is 9.59 Å². The number of carbonyl (C=O) groups excluding carboxylic acids is 1. The molecule has 2 unspecified atom stereocenters. The van der Waals surface area contributed by atoms with E-state index < -0.39 is 11.9 Å². The van der Waals surface area contributed by atoms with Gasteiger partial charge in [-0.15, -0.1) is 0 Å². The van der Waals surface area contributed by atoms with Crippen molar-refractivity contribution in [1.29, 1.82) is 0 Å². The number of carboxylic acids is 1. The highest BCUT2D eigenvalue weighted by atomic mass is 35.5. The number of nitrogens with zero attached hydrogens (tertiary/aromatic N) is 1. The number of carbonyl (C=O) groups is 2. The Labute approximate surface area is 126 Å². The summed E-state index contributed by atoms with van der Waals surface area (Å²) in [6, 6.07) is 6.85. The van der Waals surface area contributed by atoms with Crippen LogP contribution in [0.15, 0.2) is 24.3 Å². The van der Waals surface area contributed by atoms with E-state index in [1.54, 1.807) is 30.0 Å². The topological polar surface area (TPSA) is 73.4 Å². The Morgan fingerprint density at radius 3 is 2.81 bits per heavy atom. The Morgan fingerprint density at radius 1 is 1.38 bits per heavy atom. The molecule has 5 nitrogen and oxygen atoms in total. The molecule has 1 aromatic carbocycles. The summed E-state index contributed by atoms with van der Waals surface area (Å²) >= 11 is 5.93. The van der Waals surface area contributed by atoms with Gasteiger partial charge in [-0.1, -0.05) is 17.7 Å². The first-order valence-electron chi connectivity index (χ1n) is 6.79. The van der Waals surface area contributed by atoms with Gasteiger partial charge in [0.2, 0.25) is 0 Å². The van der Waals surface area contributed by atoms with Crippen molar-refractivity contribution < 1.29 is 14.7 Å². The molecule has 0 saturated carbocycles. The average molecular weight is 307 g/mol. The van der Waals surface area contributed by atoms with Crippen LogP contribution >= 0.6 is 11.6 Å². The van der Waals surface area contributed by atoms with Crippen molar-refractivity contribution in [2.45, 2.75) is 19.4 Å². The minimum absolute atomic E-state index is 0.168. The highest BCUT2D eigenvalue weighted by Gasteiger charge is 2.38. The van der Waals surface area contributed by atoms with Gasteiger partial charge in [0.15, 0.2) is 0 Å². The van der Waals surface area contributed by atoms with Crippen LogP contribution in [0.5, 0.6) is 0 Å². The number of H-pyrrole nitrogens is 1. The molecule has 3 rings (SSSR count). The maximum atomic E-state index is 12.5. The maximum Gasteiger partial charge on any atom is 0.308 e. The lowest BCUT2D eigenvalue weighted by Crippen LogP contribution is -2.37. The molecule has 0 bridgehead atoms. The molecule has 0 radical (unpaired) electrons. The summed E-state index contributed by atoms with van der Waals surface area (Å²) in [6.07, 6.45) is 0.494. The number of nitrogens with one attached hydrogen (secondary N) is 1. The Bertz CT molecular complexity index is 725. The zero-order valence-corrected chi connectivity index (χ0v) is 12.2. The molecule has 6 heteroatoms. The Hall–Kier alpha value is -2.01. The van der Waals surface area contributed by atoms with Gasteiger partial charge in [-0.2, -0.15) is 0 Å². The number of hydrogen-bond acceptors (Lipinski definition) is 2. The molecular formula is C15H15ClN2O3. The smallest absolute Gasteiger partial charge is 0.308 e. The number of aromatic amines is 1. The third kappa shape index (κ3) is 2.38. The lowest BCUT2D eigenvalue weighted by molar-refractivity contribution is -0.142. The highest BCUT2D eigenvalue weighted by Crippen LogP contribution is 2.27. The van der Waals surface area contributed by atoms with Gasteiger partial charge in [0.05, 0.1) is 5.92 Å². The lowest BCUT2D eigenvalue weighted by atomic mass is 10.0. The molecule has 110 valence electrons. The highest BCUT2D eigenvalue weighted by molar-refractivity contribution is 6.31. The number of likely N-dealkylation sites (tertiary alicyclic amines) is 1. The Balaban J connectivity index is 1.89. The number of hydrogen-bond donors (Lipinski definition) is 2. The van der Waals surface area contributed by atoms with Crippen LogP contribution in [0.25, 0.3) is 10.9 Å². The van der Waals surface area contributed by atoms with Gasteiger partial charge >= 0.3 is 5.97 Å². The van der Waals surface area contributed by atoms with Crippen LogP contribution in [0.2, 0.25) is 5.02 Å². The minimum Gasteiger partial charge on any atom is -0.481 e. The molecule has 1 aromatic heterocycles. The second kappa shape index (κ2) is 5.07. The van der Waals surface area contributed by atoms with Crippen LogP contribution in [0.4, 0.5) is 0 Å². The molecule has 0 spiro atoms. The van der Waals surface area contributed by atoms with Crippen molar-refractivity contribution in [2.75, 3.05) is 6.54 Å². The van der Waals surface area contributed by atoms with Crippen LogP contribution in [0.1, 0.15) is 23.8 Å². The van der Waals surface area contributed by atoms with Crippen LogP contribution in [0, 0.1) is 5.92 Å². The number of aliphatic carboxylic acids is 1. The minimum atomic E-state index is -0.846. The largest absolute Gasteiger partial charge is 0.481 e. The molecule has 21 heavy (non-hydrogen) atoms. The van der Waals surface area contributed by atoms with Gasteiger partial charge in [0.25, 0.3) is 5.91 Å². The van der Waals surface area contributed by atoms with E-state index in [4.69, 9.17) is 16.7 Å². The normalized spacial score (nSPS) is 21.9. The van der Waals surface area contributed by atoms with Crippen molar-refractivity contribution in [2.24, 2.45) is 5.92 Å². The van der Waals surface area contributed by atoms with Crippen LogP contribution in [-0.4, -0.2) is 39.5 Å². The Morgan fingerprint density at radius 2 is 2.14 bits per heavy atom. The molecule has 2 aromatic rings. The fourth-order valence-electron chi connectivity index (χ4n) is 2.93. The van der Waals surface area contributed by atoms with Crippen molar-refractivity contribution >= 4 is 34.4 Å². The number of benzene rings is 1. The van der Waals surface area contributed by atoms with Gasteiger partial charge in [-0.25, -0.2) is 0 Å². The summed E-state index contributed by atoms with van der Waals surface area (Å²) in [5.41, 5.74) is 1.26.